The molecule has 3 unspecified atom stereocenters. The van der Waals surface area contributed by atoms with Gasteiger partial charge in [0.25, 0.3) is 5.91 Å². The van der Waals surface area contributed by atoms with Crippen LogP contribution in [-0.2, 0) is 19.1 Å². The first kappa shape index (κ1) is 10.1. The van der Waals surface area contributed by atoms with Crippen LogP contribution in [0.4, 0.5) is 0 Å². The maximum Gasteiger partial charge on any atom is 0.352 e. The van der Waals surface area contributed by atoms with Crippen LogP contribution < -0.4 is 0 Å². The van der Waals surface area contributed by atoms with Gasteiger partial charge in [0.15, 0.2) is 6.10 Å². The minimum absolute atomic E-state index is 0.0230. The van der Waals surface area contributed by atoms with Crippen molar-refractivity contribution in [2.24, 2.45) is 0 Å². The molecule has 0 aliphatic carbocycles. The van der Waals surface area contributed by atoms with Crippen LogP contribution in [0.25, 0.3) is 0 Å². The monoisotopic (exact) mass is 213 g/mol. The number of aliphatic carboxylic acids is 1. The highest BCUT2D eigenvalue weighted by Gasteiger charge is 2.57. The third-order valence-electron chi connectivity index (χ3n) is 2.75. The summed E-state index contributed by atoms with van der Waals surface area (Å²) in [7, 11) is 2.89. The molecule has 2 aliphatic heterocycles. The molecule has 2 rings (SSSR count). The Morgan fingerprint density at radius 1 is 1.47 bits per heavy atom. The minimum Gasteiger partial charge on any atom is -0.477 e. The van der Waals surface area contributed by atoms with Gasteiger partial charge in [0, 0.05) is 14.2 Å². The molecule has 15 heavy (non-hydrogen) atoms. The van der Waals surface area contributed by atoms with E-state index in [0.717, 1.165) is 0 Å². The molecule has 0 bridgehead atoms. The lowest BCUT2D eigenvalue weighted by Gasteiger charge is -2.43. The molecule has 6 heteroatoms. The Morgan fingerprint density at radius 2 is 2.13 bits per heavy atom. The normalized spacial score (nSPS) is 33.5. The van der Waals surface area contributed by atoms with Gasteiger partial charge in [-0.05, 0) is 6.08 Å². The van der Waals surface area contributed by atoms with Gasteiger partial charge in [0.2, 0.25) is 0 Å². The second-order valence-electron chi connectivity index (χ2n) is 3.41. The Kier molecular flexibility index (Phi) is 2.24. The molecule has 0 spiro atoms. The van der Waals surface area contributed by atoms with Crippen LogP contribution in [-0.4, -0.2) is 54.4 Å². The van der Waals surface area contributed by atoms with Crippen molar-refractivity contribution in [3.8, 4) is 0 Å². The van der Waals surface area contributed by atoms with E-state index in [4.69, 9.17) is 14.6 Å². The van der Waals surface area contributed by atoms with E-state index >= 15 is 0 Å². The molecule has 1 N–H and O–H groups in total. The summed E-state index contributed by atoms with van der Waals surface area (Å²) in [6, 6.07) is -0.335. The van der Waals surface area contributed by atoms with E-state index in [-0.39, 0.29) is 17.6 Å². The molecule has 0 radical (unpaired) electrons. The first-order valence-corrected chi connectivity index (χ1v) is 4.45. The van der Waals surface area contributed by atoms with Crippen LogP contribution >= 0.6 is 0 Å². The first-order chi connectivity index (χ1) is 7.11. The second-order valence-corrected chi connectivity index (χ2v) is 3.41. The molecule has 1 fully saturated rings. The maximum atomic E-state index is 11.5. The molecule has 2 aliphatic rings. The summed E-state index contributed by atoms with van der Waals surface area (Å²) in [5.41, 5.74) is -0.0230. The summed E-state index contributed by atoms with van der Waals surface area (Å²) in [4.78, 5) is 23.5. The van der Waals surface area contributed by atoms with Crippen LogP contribution in [0, 0.1) is 0 Å². The number of carbonyl (C=O) groups excluding carboxylic acids is 1. The quantitative estimate of drug-likeness (QED) is 0.622. The Balaban J connectivity index is 2.27. The number of β-lactam (4-membered cyclic amide) rings is 1. The standard InChI is InChI=1S/C9H11NO5/c1-14-5-3-4(9(12)13)10-6(5)7(15-2)8(10)11/h3,5-7H,1-2H3,(H,12,13). The topological polar surface area (TPSA) is 76.1 Å². The molecule has 1 saturated heterocycles. The number of hydrogen-bond acceptors (Lipinski definition) is 4. The number of fused-ring (bicyclic) bond motifs is 1. The molecule has 1 amide bonds. The lowest BCUT2D eigenvalue weighted by molar-refractivity contribution is -0.172. The maximum absolute atomic E-state index is 11.5. The zero-order chi connectivity index (χ0) is 11.2. The number of rotatable bonds is 3. The predicted octanol–water partition coefficient (Wildman–Crippen LogP) is -0.791. The van der Waals surface area contributed by atoms with E-state index in [1.807, 2.05) is 0 Å². The van der Waals surface area contributed by atoms with Gasteiger partial charge >= 0.3 is 5.97 Å². The van der Waals surface area contributed by atoms with E-state index in [0.29, 0.717) is 0 Å². The van der Waals surface area contributed by atoms with Crippen molar-refractivity contribution in [2.45, 2.75) is 18.2 Å². The number of ether oxygens (including phenoxy) is 2. The molecule has 0 saturated carbocycles. The van der Waals surface area contributed by atoms with Crippen molar-refractivity contribution < 1.29 is 24.2 Å². The van der Waals surface area contributed by atoms with Crippen molar-refractivity contribution >= 4 is 11.9 Å². The van der Waals surface area contributed by atoms with Gasteiger partial charge in [0.05, 0.1) is 0 Å². The Morgan fingerprint density at radius 3 is 2.60 bits per heavy atom. The van der Waals surface area contributed by atoms with Gasteiger partial charge in [-0.1, -0.05) is 0 Å². The van der Waals surface area contributed by atoms with Gasteiger partial charge in [-0.25, -0.2) is 4.79 Å². The average molecular weight is 213 g/mol. The summed E-state index contributed by atoms with van der Waals surface area (Å²) < 4.78 is 10.1. The summed E-state index contributed by atoms with van der Waals surface area (Å²) in [6.45, 7) is 0. The van der Waals surface area contributed by atoms with Crippen molar-refractivity contribution in [1.82, 2.24) is 4.90 Å². The van der Waals surface area contributed by atoms with E-state index < -0.39 is 18.2 Å². The van der Waals surface area contributed by atoms with Crippen molar-refractivity contribution in [2.75, 3.05) is 14.2 Å². The van der Waals surface area contributed by atoms with Crippen LogP contribution in [0.2, 0.25) is 0 Å². The fraction of sp³-hybridized carbons (Fsp3) is 0.556. The van der Waals surface area contributed by atoms with Gasteiger partial charge in [-0.3, -0.25) is 9.69 Å². The third-order valence-corrected chi connectivity index (χ3v) is 2.75. The van der Waals surface area contributed by atoms with Crippen LogP contribution in [0.1, 0.15) is 0 Å². The highest BCUT2D eigenvalue weighted by atomic mass is 16.5. The van der Waals surface area contributed by atoms with Crippen molar-refractivity contribution in [3.05, 3.63) is 11.8 Å². The zero-order valence-corrected chi connectivity index (χ0v) is 8.34. The summed E-state index contributed by atoms with van der Waals surface area (Å²) in [5.74, 6) is -1.45. The Labute approximate surface area is 86.1 Å². The van der Waals surface area contributed by atoms with Crippen LogP contribution in [0.3, 0.4) is 0 Å². The molecule has 2 heterocycles. The zero-order valence-electron chi connectivity index (χ0n) is 8.34. The Bertz CT molecular complexity index is 350. The second kappa shape index (κ2) is 3.32. The van der Waals surface area contributed by atoms with Crippen molar-refractivity contribution in [1.29, 1.82) is 0 Å². The van der Waals surface area contributed by atoms with Crippen molar-refractivity contribution in [3.63, 3.8) is 0 Å². The van der Waals surface area contributed by atoms with Gasteiger partial charge in [0.1, 0.15) is 17.8 Å². The minimum atomic E-state index is -1.12. The number of amides is 1. The highest BCUT2D eigenvalue weighted by Crippen LogP contribution is 2.36. The predicted molar refractivity (Wildman–Crippen MR) is 47.9 cm³/mol. The summed E-state index contributed by atoms with van der Waals surface area (Å²) >= 11 is 0. The average Bonchev–Trinajstić information content (AvgIpc) is 2.54. The van der Waals surface area contributed by atoms with Crippen LogP contribution in [0.5, 0.6) is 0 Å². The van der Waals surface area contributed by atoms with Gasteiger partial charge < -0.3 is 14.6 Å². The number of methoxy groups -OCH3 is 2. The smallest absolute Gasteiger partial charge is 0.352 e. The molecule has 3 atom stereocenters. The lowest BCUT2D eigenvalue weighted by atomic mass is 9.96. The van der Waals surface area contributed by atoms with Gasteiger partial charge in [-0.15, -0.1) is 0 Å². The van der Waals surface area contributed by atoms with E-state index in [1.165, 1.54) is 25.2 Å². The number of nitrogens with zero attached hydrogens (tertiary/aromatic N) is 1. The van der Waals surface area contributed by atoms with E-state index in [2.05, 4.69) is 0 Å². The number of carboxylic acids is 1. The molecule has 0 aromatic heterocycles. The lowest BCUT2D eigenvalue weighted by Crippen LogP contribution is -2.66. The molecule has 0 aromatic rings. The third kappa shape index (κ3) is 1.18. The first-order valence-electron chi connectivity index (χ1n) is 4.45. The Hall–Kier alpha value is -1.40. The molecule has 6 nitrogen and oxygen atoms in total. The van der Waals surface area contributed by atoms with Gasteiger partial charge in [-0.2, -0.15) is 0 Å². The number of carbonyl (C=O) groups is 2. The fourth-order valence-electron chi connectivity index (χ4n) is 2.04. The fourth-order valence-corrected chi connectivity index (χ4v) is 2.04. The van der Waals surface area contributed by atoms with E-state index in [9.17, 15) is 9.59 Å². The summed E-state index contributed by atoms with van der Waals surface area (Å²) in [6.07, 6.45) is 0.436. The largest absolute Gasteiger partial charge is 0.477 e. The molecular formula is C9H11NO5. The molecule has 0 aromatic carbocycles. The molecule has 82 valence electrons. The highest BCUT2D eigenvalue weighted by molar-refractivity contribution is 6.00. The number of carboxylic acid groups (broad SMARTS) is 1. The number of hydrogen-bond donors (Lipinski definition) is 1. The SMILES string of the molecule is COC1C=C(C(=O)O)N2C(=O)C(OC)C12. The summed E-state index contributed by atoms with van der Waals surface area (Å²) in [5, 5.41) is 8.87. The molecular weight excluding hydrogens is 202 g/mol. The van der Waals surface area contributed by atoms with Crippen LogP contribution in [0.15, 0.2) is 11.8 Å². The van der Waals surface area contributed by atoms with E-state index in [1.54, 1.807) is 0 Å².